The number of aryl methyl sites for hydroxylation is 4. The Bertz CT molecular complexity index is 1200. The zero-order valence-electron chi connectivity index (χ0n) is 16.2. The number of aromatic nitrogens is 1. The molecule has 0 saturated heterocycles. The first-order chi connectivity index (χ1) is 13.1. The van der Waals surface area contributed by atoms with Crippen LogP contribution in [0.3, 0.4) is 0 Å². The molecule has 1 nitrogen and oxygen atoms in total. The van der Waals surface area contributed by atoms with Crippen molar-refractivity contribution in [3.8, 4) is 22.4 Å². The fourth-order valence-electron chi connectivity index (χ4n) is 4.56. The predicted molar refractivity (Wildman–Crippen MR) is 113 cm³/mol. The fraction of sp³-hybridized carbons (Fsp3) is 0.192. The number of hydrogen-bond donors (Lipinski definition) is 0. The second kappa shape index (κ2) is 6.06. The van der Waals surface area contributed by atoms with E-state index in [-0.39, 0.29) is 0 Å². The van der Waals surface area contributed by atoms with Gasteiger partial charge in [0.25, 0.3) is 0 Å². The highest BCUT2D eigenvalue weighted by Crippen LogP contribution is 2.41. The van der Waals surface area contributed by atoms with Crippen molar-refractivity contribution in [1.29, 1.82) is 0 Å². The molecule has 0 bridgehead atoms. The minimum atomic E-state index is 1.10. The van der Waals surface area contributed by atoms with E-state index in [2.05, 4.69) is 92.3 Å². The van der Waals surface area contributed by atoms with E-state index in [1.165, 1.54) is 55.4 Å². The number of nitrogens with zero attached hydrogens (tertiary/aromatic N) is 1. The van der Waals surface area contributed by atoms with Crippen LogP contribution < -0.4 is 4.57 Å². The molecule has 0 atom stereocenters. The highest BCUT2D eigenvalue weighted by Gasteiger charge is 2.24. The van der Waals surface area contributed by atoms with E-state index in [4.69, 9.17) is 0 Å². The standard InChI is InChI=1S/C26H24N/c1-17-12-13-27(3)25(14-17)26-18(2)8-10-22-23(26)11-9-21-15-19-6-4-5-7-20(19)16-24(21)22/h4-8,10,12-16H,9,11H2,1-3H3/q+1. The smallest absolute Gasteiger partial charge is 0.201 e. The Hall–Kier alpha value is -2.93. The number of pyridine rings is 1. The molecule has 1 heterocycles. The van der Waals surface area contributed by atoms with E-state index in [1.54, 1.807) is 0 Å². The first kappa shape index (κ1) is 16.3. The van der Waals surface area contributed by atoms with Gasteiger partial charge in [-0.15, -0.1) is 0 Å². The molecule has 0 radical (unpaired) electrons. The monoisotopic (exact) mass is 350 g/mol. The molecule has 3 aromatic carbocycles. The van der Waals surface area contributed by atoms with Crippen LogP contribution in [0.5, 0.6) is 0 Å². The molecule has 0 N–H and O–H groups in total. The van der Waals surface area contributed by atoms with Gasteiger partial charge in [0.05, 0.1) is 5.56 Å². The van der Waals surface area contributed by atoms with Crippen LogP contribution >= 0.6 is 0 Å². The molecule has 1 aromatic heterocycles. The molecule has 132 valence electrons. The Balaban J connectivity index is 1.80. The molecule has 4 aromatic rings. The molecule has 5 rings (SSSR count). The minimum Gasteiger partial charge on any atom is -0.201 e. The van der Waals surface area contributed by atoms with Crippen molar-refractivity contribution >= 4 is 10.8 Å². The summed E-state index contributed by atoms with van der Waals surface area (Å²) in [6.07, 6.45) is 4.39. The third kappa shape index (κ3) is 2.57. The molecule has 0 fully saturated rings. The number of hydrogen-bond acceptors (Lipinski definition) is 0. The van der Waals surface area contributed by atoms with E-state index in [0.717, 1.165) is 12.8 Å². The quantitative estimate of drug-likeness (QED) is 0.387. The lowest BCUT2D eigenvalue weighted by Crippen LogP contribution is -2.31. The summed E-state index contributed by atoms with van der Waals surface area (Å²) in [6.45, 7) is 4.42. The van der Waals surface area contributed by atoms with Crippen LogP contribution in [0.2, 0.25) is 0 Å². The van der Waals surface area contributed by atoms with Gasteiger partial charge >= 0.3 is 0 Å². The van der Waals surface area contributed by atoms with Gasteiger partial charge in [0.15, 0.2) is 6.20 Å². The van der Waals surface area contributed by atoms with Crippen LogP contribution in [0, 0.1) is 13.8 Å². The van der Waals surface area contributed by atoms with Crippen LogP contribution in [0.25, 0.3) is 33.2 Å². The van der Waals surface area contributed by atoms with E-state index in [0.29, 0.717) is 0 Å². The number of rotatable bonds is 1. The lowest BCUT2D eigenvalue weighted by Gasteiger charge is -2.24. The average Bonchev–Trinajstić information content (AvgIpc) is 2.68. The molecule has 0 unspecified atom stereocenters. The molecule has 1 aliphatic carbocycles. The van der Waals surface area contributed by atoms with Crippen molar-refractivity contribution < 1.29 is 4.57 Å². The summed E-state index contributed by atoms with van der Waals surface area (Å²) in [5.74, 6) is 0. The van der Waals surface area contributed by atoms with Gasteiger partial charge in [-0.25, -0.2) is 4.57 Å². The van der Waals surface area contributed by atoms with Crippen LogP contribution in [0.15, 0.2) is 66.9 Å². The molecule has 0 spiro atoms. The van der Waals surface area contributed by atoms with Crippen molar-refractivity contribution in [2.45, 2.75) is 26.7 Å². The lowest BCUT2D eigenvalue weighted by atomic mass is 9.80. The molecule has 1 aliphatic rings. The zero-order chi connectivity index (χ0) is 18.5. The largest absolute Gasteiger partial charge is 0.213 e. The maximum Gasteiger partial charge on any atom is 0.213 e. The Morgan fingerprint density at radius 2 is 1.56 bits per heavy atom. The highest BCUT2D eigenvalue weighted by molar-refractivity contribution is 5.92. The Kier molecular flexibility index (Phi) is 3.65. The zero-order valence-corrected chi connectivity index (χ0v) is 16.2. The van der Waals surface area contributed by atoms with Crippen molar-refractivity contribution in [3.05, 3.63) is 89.1 Å². The van der Waals surface area contributed by atoms with Gasteiger partial charge in [-0.05, 0) is 76.9 Å². The number of benzene rings is 3. The Labute approximate surface area is 160 Å². The summed E-state index contributed by atoms with van der Waals surface area (Å²) in [7, 11) is 2.15. The maximum absolute atomic E-state index is 2.39. The summed E-state index contributed by atoms with van der Waals surface area (Å²) in [6, 6.07) is 22.6. The van der Waals surface area contributed by atoms with Crippen LogP contribution in [-0.4, -0.2) is 0 Å². The molecular formula is C26H24N+. The Morgan fingerprint density at radius 3 is 2.37 bits per heavy atom. The third-order valence-electron chi connectivity index (χ3n) is 5.99. The first-order valence-electron chi connectivity index (χ1n) is 9.73. The summed E-state index contributed by atoms with van der Waals surface area (Å²) in [5.41, 5.74) is 11.2. The highest BCUT2D eigenvalue weighted by atomic mass is 14.9. The van der Waals surface area contributed by atoms with Gasteiger partial charge < -0.3 is 0 Å². The van der Waals surface area contributed by atoms with E-state index in [9.17, 15) is 0 Å². The topological polar surface area (TPSA) is 3.88 Å². The van der Waals surface area contributed by atoms with Crippen molar-refractivity contribution in [2.24, 2.45) is 7.05 Å². The third-order valence-corrected chi connectivity index (χ3v) is 5.99. The molecule has 1 heteroatoms. The van der Waals surface area contributed by atoms with Crippen LogP contribution in [0.1, 0.15) is 22.3 Å². The number of fused-ring (bicyclic) bond motifs is 4. The molecule has 0 aliphatic heterocycles. The summed E-state index contributed by atoms with van der Waals surface area (Å²) in [4.78, 5) is 0. The fourth-order valence-corrected chi connectivity index (χ4v) is 4.56. The van der Waals surface area contributed by atoms with Gasteiger partial charge in [-0.3, -0.25) is 0 Å². The summed E-state index contributed by atoms with van der Waals surface area (Å²) in [5, 5.41) is 2.67. The first-order valence-corrected chi connectivity index (χ1v) is 9.73. The second-order valence-corrected chi connectivity index (χ2v) is 7.84. The average molecular weight is 350 g/mol. The van der Waals surface area contributed by atoms with Gasteiger partial charge in [0.2, 0.25) is 5.69 Å². The van der Waals surface area contributed by atoms with Crippen LogP contribution in [-0.2, 0) is 19.9 Å². The molecule has 0 amide bonds. The van der Waals surface area contributed by atoms with Gasteiger partial charge in [0.1, 0.15) is 7.05 Å². The molecular weight excluding hydrogens is 326 g/mol. The summed E-state index contributed by atoms with van der Waals surface area (Å²) < 4.78 is 2.26. The normalized spacial score (nSPS) is 12.7. The second-order valence-electron chi connectivity index (χ2n) is 7.84. The van der Waals surface area contributed by atoms with Gasteiger partial charge in [0, 0.05) is 12.1 Å². The predicted octanol–water partition coefficient (Wildman–Crippen LogP) is 5.71. The van der Waals surface area contributed by atoms with Gasteiger partial charge in [-0.2, -0.15) is 0 Å². The Morgan fingerprint density at radius 1 is 0.778 bits per heavy atom. The minimum absolute atomic E-state index is 1.10. The molecule has 0 saturated carbocycles. The van der Waals surface area contributed by atoms with E-state index >= 15 is 0 Å². The van der Waals surface area contributed by atoms with Crippen molar-refractivity contribution in [1.82, 2.24) is 0 Å². The van der Waals surface area contributed by atoms with Crippen molar-refractivity contribution in [3.63, 3.8) is 0 Å². The molecule has 27 heavy (non-hydrogen) atoms. The lowest BCUT2D eigenvalue weighted by molar-refractivity contribution is -0.660. The maximum atomic E-state index is 2.39. The van der Waals surface area contributed by atoms with E-state index < -0.39 is 0 Å². The SMILES string of the molecule is Cc1cc[n+](C)c(-c2c(C)ccc3c2CCc2cc4ccccc4cc2-3)c1. The van der Waals surface area contributed by atoms with Crippen LogP contribution in [0.4, 0.5) is 0 Å². The van der Waals surface area contributed by atoms with Crippen molar-refractivity contribution in [2.75, 3.05) is 0 Å². The van der Waals surface area contributed by atoms with E-state index in [1.807, 2.05) is 0 Å². The summed E-state index contributed by atoms with van der Waals surface area (Å²) >= 11 is 0. The van der Waals surface area contributed by atoms with Gasteiger partial charge in [-0.1, -0.05) is 42.5 Å².